The number of anilines is 1. The van der Waals surface area contributed by atoms with Gasteiger partial charge in [0, 0.05) is 25.4 Å². The monoisotopic (exact) mass is 468 g/mol. The van der Waals surface area contributed by atoms with Crippen LogP contribution in [0, 0.1) is 0 Å². The van der Waals surface area contributed by atoms with Gasteiger partial charge in [0.2, 0.25) is 11.8 Å². The number of carbonyl (C=O) groups is 2. The Morgan fingerprint density at radius 3 is 2.60 bits per heavy atom. The van der Waals surface area contributed by atoms with Gasteiger partial charge in [-0.2, -0.15) is 0 Å². The van der Waals surface area contributed by atoms with Gasteiger partial charge in [0.1, 0.15) is 18.1 Å². The number of rotatable bonds is 8. The molecule has 2 heterocycles. The molecular formula is C28H28N4O3. The Balaban J connectivity index is 1.36. The number of methoxy groups -OCH3 is 1. The molecule has 35 heavy (non-hydrogen) atoms. The molecule has 1 saturated heterocycles. The number of aromatic nitrogens is 2. The van der Waals surface area contributed by atoms with Gasteiger partial charge in [0.15, 0.2) is 0 Å². The van der Waals surface area contributed by atoms with Crippen LogP contribution in [0.5, 0.6) is 5.75 Å². The Labute approximate surface area is 204 Å². The van der Waals surface area contributed by atoms with Gasteiger partial charge in [-0.05, 0) is 36.2 Å². The van der Waals surface area contributed by atoms with Gasteiger partial charge in [0.25, 0.3) is 0 Å². The molecular weight excluding hydrogens is 440 g/mol. The van der Waals surface area contributed by atoms with Crippen molar-refractivity contribution in [2.75, 3.05) is 25.5 Å². The molecule has 7 nitrogen and oxygen atoms in total. The molecule has 7 heteroatoms. The van der Waals surface area contributed by atoms with Crippen molar-refractivity contribution in [2.45, 2.75) is 25.3 Å². The maximum absolute atomic E-state index is 13.1. The molecule has 4 aromatic rings. The van der Waals surface area contributed by atoms with Crippen LogP contribution >= 0.6 is 0 Å². The fourth-order valence-corrected chi connectivity index (χ4v) is 4.72. The number of likely N-dealkylation sites (tertiary alicyclic amines) is 1. The van der Waals surface area contributed by atoms with Crippen LogP contribution in [0.3, 0.4) is 0 Å². The number of nitrogens with one attached hydrogen (secondary N) is 1. The Morgan fingerprint density at radius 1 is 1.03 bits per heavy atom. The van der Waals surface area contributed by atoms with E-state index in [-0.39, 0.29) is 24.3 Å². The smallest absolute Gasteiger partial charge is 0.244 e. The van der Waals surface area contributed by atoms with Gasteiger partial charge in [0.05, 0.1) is 23.8 Å². The highest BCUT2D eigenvalue weighted by Crippen LogP contribution is 2.31. The quantitative estimate of drug-likeness (QED) is 0.420. The van der Waals surface area contributed by atoms with E-state index in [9.17, 15) is 9.59 Å². The summed E-state index contributed by atoms with van der Waals surface area (Å²) in [5.41, 5.74) is 3.54. The van der Waals surface area contributed by atoms with Crippen molar-refractivity contribution in [1.82, 2.24) is 14.5 Å². The summed E-state index contributed by atoms with van der Waals surface area (Å²) in [7, 11) is 1.58. The zero-order valence-electron chi connectivity index (χ0n) is 19.7. The predicted octanol–water partition coefficient (Wildman–Crippen LogP) is 4.24. The van der Waals surface area contributed by atoms with Crippen molar-refractivity contribution in [3.63, 3.8) is 0 Å². The zero-order chi connectivity index (χ0) is 24.2. The number of fused-ring (bicyclic) bond motifs is 1. The summed E-state index contributed by atoms with van der Waals surface area (Å²) in [6.45, 7) is 1.37. The van der Waals surface area contributed by atoms with Crippen molar-refractivity contribution in [3.8, 4) is 5.75 Å². The Morgan fingerprint density at radius 2 is 1.77 bits per heavy atom. The number of amides is 2. The Kier molecular flexibility index (Phi) is 6.48. The van der Waals surface area contributed by atoms with Gasteiger partial charge in [-0.25, -0.2) is 4.98 Å². The van der Waals surface area contributed by atoms with Crippen LogP contribution in [0.4, 0.5) is 5.69 Å². The van der Waals surface area contributed by atoms with Crippen LogP contribution in [-0.4, -0.2) is 46.5 Å². The van der Waals surface area contributed by atoms with Crippen LogP contribution < -0.4 is 10.1 Å². The molecule has 0 bridgehead atoms. The van der Waals surface area contributed by atoms with Gasteiger partial charge in [-0.3, -0.25) is 9.59 Å². The summed E-state index contributed by atoms with van der Waals surface area (Å²) >= 11 is 0. The number of para-hydroxylation sites is 4. The lowest BCUT2D eigenvalue weighted by Crippen LogP contribution is -2.28. The second-order valence-corrected chi connectivity index (χ2v) is 8.77. The van der Waals surface area contributed by atoms with E-state index in [0.717, 1.165) is 23.3 Å². The van der Waals surface area contributed by atoms with Gasteiger partial charge < -0.3 is 19.5 Å². The van der Waals surface area contributed by atoms with Crippen LogP contribution in [0.15, 0.2) is 78.9 Å². The van der Waals surface area contributed by atoms with Crippen molar-refractivity contribution in [3.05, 3.63) is 90.3 Å². The highest BCUT2D eigenvalue weighted by molar-refractivity contribution is 5.93. The number of hydrogen-bond acceptors (Lipinski definition) is 4. The van der Waals surface area contributed by atoms with E-state index in [0.29, 0.717) is 30.9 Å². The molecule has 0 saturated carbocycles. The topological polar surface area (TPSA) is 76.5 Å². The zero-order valence-corrected chi connectivity index (χ0v) is 19.7. The van der Waals surface area contributed by atoms with Crippen molar-refractivity contribution in [2.24, 2.45) is 0 Å². The molecule has 1 unspecified atom stereocenters. The number of nitrogens with zero attached hydrogens (tertiary/aromatic N) is 3. The van der Waals surface area contributed by atoms with Crippen molar-refractivity contribution >= 4 is 28.5 Å². The summed E-state index contributed by atoms with van der Waals surface area (Å²) in [5.74, 6) is 1.26. The fourth-order valence-electron chi connectivity index (χ4n) is 4.72. The molecule has 0 radical (unpaired) electrons. The molecule has 1 aliphatic heterocycles. The second kappa shape index (κ2) is 10.0. The number of benzene rings is 3. The molecule has 0 aliphatic carbocycles. The third-order valence-electron chi connectivity index (χ3n) is 6.46. The summed E-state index contributed by atoms with van der Waals surface area (Å²) < 4.78 is 7.30. The third-order valence-corrected chi connectivity index (χ3v) is 6.46. The SMILES string of the molecule is COc1ccccc1NC(=O)Cn1c(C2CC(=O)N(CCc3ccccc3)C2)nc2ccccc21. The fraction of sp³-hybridized carbons (Fsp3) is 0.250. The average Bonchev–Trinajstić information content (AvgIpc) is 3.43. The Hall–Kier alpha value is -4.13. The highest BCUT2D eigenvalue weighted by Gasteiger charge is 2.34. The molecule has 1 aliphatic rings. The second-order valence-electron chi connectivity index (χ2n) is 8.77. The number of carbonyl (C=O) groups excluding carboxylic acids is 2. The summed E-state index contributed by atoms with van der Waals surface area (Å²) in [6, 6.07) is 25.3. The van der Waals surface area contributed by atoms with E-state index in [4.69, 9.17) is 9.72 Å². The normalized spacial score (nSPS) is 15.5. The Bertz CT molecular complexity index is 1350. The maximum atomic E-state index is 13.1. The van der Waals surface area contributed by atoms with E-state index in [1.807, 2.05) is 76.2 Å². The van der Waals surface area contributed by atoms with E-state index in [1.165, 1.54) is 5.56 Å². The highest BCUT2D eigenvalue weighted by atomic mass is 16.5. The molecule has 1 atom stereocenters. The van der Waals surface area contributed by atoms with Crippen LogP contribution in [0.25, 0.3) is 11.0 Å². The lowest BCUT2D eigenvalue weighted by Gasteiger charge is -2.17. The molecule has 178 valence electrons. The lowest BCUT2D eigenvalue weighted by molar-refractivity contribution is -0.127. The van der Waals surface area contributed by atoms with Crippen molar-refractivity contribution < 1.29 is 14.3 Å². The molecule has 1 N–H and O–H groups in total. The average molecular weight is 469 g/mol. The van der Waals surface area contributed by atoms with Crippen LogP contribution in [-0.2, 0) is 22.6 Å². The summed E-state index contributed by atoms with van der Waals surface area (Å²) in [6.07, 6.45) is 1.21. The first kappa shape index (κ1) is 22.7. The van der Waals surface area contributed by atoms with Gasteiger partial charge in [-0.15, -0.1) is 0 Å². The number of imidazole rings is 1. The standard InChI is InChI=1S/C28H28N4O3/c1-35-25-14-8-6-12-23(25)29-26(33)19-32-24-13-7-5-11-22(24)30-28(32)21-17-27(34)31(18-21)16-15-20-9-3-2-4-10-20/h2-14,21H,15-19H2,1H3,(H,29,33). The number of ether oxygens (including phenoxy) is 1. The minimum atomic E-state index is -0.177. The first-order chi connectivity index (χ1) is 17.1. The molecule has 1 aromatic heterocycles. The summed E-state index contributed by atoms with van der Waals surface area (Å²) in [4.78, 5) is 32.7. The van der Waals surface area contributed by atoms with E-state index < -0.39 is 0 Å². The van der Waals surface area contributed by atoms with E-state index in [2.05, 4.69) is 17.4 Å². The minimum Gasteiger partial charge on any atom is -0.495 e. The minimum absolute atomic E-state index is 0.0651. The lowest BCUT2D eigenvalue weighted by atomic mass is 10.1. The van der Waals surface area contributed by atoms with Crippen molar-refractivity contribution in [1.29, 1.82) is 0 Å². The predicted molar refractivity (Wildman–Crippen MR) is 135 cm³/mol. The van der Waals surface area contributed by atoms with Gasteiger partial charge in [-0.1, -0.05) is 54.6 Å². The molecule has 0 spiro atoms. The first-order valence-corrected chi connectivity index (χ1v) is 11.8. The maximum Gasteiger partial charge on any atom is 0.244 e. The molecule has 1 fully saturated rings. The van der Waals surface area contributed by atoms with Gasteiger partial charge >= 0.3 is 0 Å². The largest absolute Gasteiger partial charge is 0.495 e. The summed E-state index contributed by atoms with van der Waals surface area (Å²) in [5, 5.41) is 2.95. The molecule has 2 amide bonds. The van der Waals surface area contributed by atoms with Crippen LogP contribution in [0.2, 0.25) is 0 Å². The third kappa shape index (κ3) is 4.89. The molecule has 5 rings (SSSR count). The molecule has 3 aromatic carbocycles. The van der Waals surface area contributed by atoms with E-state index in [1.54, 1.807) is 7.11 Å². The van der Waals surface area contributed by atoms with Crippen LogP contribution in [0.1, 0.15) is 23.7 Å². The number of hydrogen-bond donors (Lipinski definition) is 1. The van der Waals surface area contributed by atoms with E-state index >= 15 is 0 Å². The first-order valence-electron chi connectivity index (χ1n) is 11.8.